The zero-order valence-electron chi connectivity index (χ0n) is 14.2. The second kappa shape index (κ2) is 7.01. The number of aryl methyl sites for hydroxylation is 4. The fraction of sp³-hybridized carbons (Fsp3) is 0.263. The molecule has 1 amide bonds. The number of amides is 1. The number of nitrogens with zero attached hydrogens (tertiary/aromatic N) is 2. The minimum absolute atomic E-state index is 0.00623. The highest BCUT2D eigenvalue weighted by Gasteiger charge is 2.12. The van der Waals surface area contributed by atoms with Gasteiger partial charge in [-0.1, -0.05) is 6.07 Å². The molecule has 0 saturated heterocycles. The van der Waals surface area contributed by atoms with Gasteiger partial charge >= 0.3 is 0 Å². The Morgan fingerprint density at radius 2 is 1.92 bits per heavy atom. The van der Waals surface area contributed by atoms with Crippen LogP contribution in [-0.2, 0) is 11.2 Å². The molecule has 0 bridgehead atoms. The van der Waals surface area contributed by atoms with Crippen molar-refractivity contribution in [1.29, 1.82) is 0 Å². The van der Waals surface area contributed by atoms with Gasteiger partial charge in [0.15, 0.2) is 0 Å². The summed E-state index contributed by atoms with van der Waals surface area (Å²) in [5, 5.41) is 11.6. The monoisotopic (exact) mass is 339 g/mol. The van der Waals surface area contributed by atoms with Crippen LogP contribution in [0.4, 0.5) is 5.82 Å². The van der Waals surface area contributed by atoms with Crippen LogP contribution in [0, 0.1) is 20.8 Å². The molecule has 0 aliphatic rings. The highest BCUT2D eigenvalue weighted by atomic mass is 32.1. The van der Waals surface area contributed by atoms with Gasteiger partial charge in [-0.15, -0.1) is 0 Å². The molecule has 4 nitrogen and oxygen atoms in total. The summed E-state index contributed by atoms with van der Waals surface area (Å²) in [7, 11) is 0. The molecule has 0 aliphatic heterocycles. The summed E-state index contributed by atoms with van der Waals surface area (Å²) in [6.07, 6.45) is 1.22. The van der Waals surface area contributed by atoms with Crippen LogP contribution in [0.15, 0.2) is 41.1 Å². The standard InChI is InChI=1S/C19H21N3OS/c1-13-8-14(2)10-17(9-13)22-18(11-15(3)21-22)20-19(23)5-4-16-6-7-24-12-16/h6-12H,4-5H2,1-3H3,(H,20,23). The molecule has 0 aliphatic carbocycles. The van der Waals surface area contributed by atoms with Crippen LogP contribution in [0.1, 0.15) is 28.8 Å². The van der Waals surface area contributed by atoms with Gasteiger partial charge in [-0.3, -0.25) is 4.79 Å². The highest BCUT2D eigenvalue weighted by molar-refractivity contribution is 7.07. The Bertz CT molecular complexity index is 829. The Hall–Kier alpha value is -2.40. The van der Waals surface area contributed by atoms with Crippen LogP contribution in [0.2, 0.25) is 0 Å². The third-order valence-electron chi connectivity index (χ3n) is 3.77. The Morgan fingerprint density at radius 1 is 1.17 bits per heavy atom. The van der Waals surface area contributed by atoms with Crippen LogP contribution in [0.3, 0.4) is 0 Å². The van der Waals surface area contributed by atoms with Crippen molar-refractivity contribution in [3.05, 3.63) is 63.5 Å². The fourth-order valence-corrected chi connectivity index (χ4v) is 3.46. The van der Waals surface area contributed by atoms with Crippen molar-refractivity contribution in [1.82, 2.24) is 9.78 Å². The first-order valence-electron chi connectivity index (χ1n) is 7.97. The molecular weight excluding hydrogens is 318 g/mol. The van der Waals surface area contributed by atoms with Gasteiger partial charge in [-0.05, 0) is 72.8 Å². The number of hydrogen-bond donors (Lipinski definition) is 1. The van der Waals surface area contributed by atoms with Crippen molar-refractivity contribution in [3.63, 3.8) is 0 Å². The van der Waals surface area contributed by atoms with Crippen molar-refractivity contribution in [2.24, 2.45) is 0 Å². The fourth-order valence-electron chi connectivity index (χ4n) is 2.76. The molecule has 1 N–H and O–H groups in total. The molecular formula is C19H21N3OS. The van der Waals surface area contributed by atoms with Crippen LogP contribution in [0.5, 0.6) is 0 Å². The van der Waals surface area contributed by atoms with Crippen molar-refractivity contribution in [2.45, 2.75) is 33.6 Å². The molecule has 24 heavy (non-hydrogen) atoms. The van der Waals surface area contributed by atoms with Gasteiger partial charge < -0.3 is 5.32 Å². The van der Waals surface area contributed by atoms with Crippen molar-refractivity contribution < 1.29 is 4.79 Å². The number of nitrogens with one attached hydrogen (secondary N) is 1. The molecule has 0 radical (unpaired) electrons. The summed E-state index contributed by atoms with van der Waals surface area (Å²) in [5.41, 5.74) is 5.39. The average Bonchev–Trinajstić information content (AvgIpc) is 3.14. The van der Waals surface area contributed by atoms with E-state index in [1.54, 1.807) is 16.0 Å². The number of anilines is 1. The Balaban J connectivity index is 1.77. The summed E-state index contributed by atoms with van der Waals surface area (Å²) in [5.74, 6) is 0.722. The largest absolute Gasteiger partial charge is 0.311 e. The maximum Gasteiger partial charge on any atom is 0.225 e. The Morgan fingerprint density at radius 3 is 2.58 bits per heavy atom. The van der Waals surface area contributed by atoms with Gasteiger partial charge in [-0.25, -0.2) is 4.68 Å². The topological polar surface area (TPSA) is 46.9 Å². The maximum absolute atomic E-state index is 12.3. The van der Waals surface area contributed by atoms with E-state index in [9.17, 15) is 4.79 Å². The summed E-state index contributed by atoms with van der Waals surface area (Å²) in [6.45, 7) is 6.05. The normalized spacial score (nSPS) is 10.8. The number of carbonyl (C=O) groups excluding carboxylic acids is 1. The van der Waals surface area contributed by atoms with Crippen LogP contribution in [0.25, 0.3) is 5.69 Å². The average molecular weight is 339 g/mol. The van der Waals surface area contributed by atoms with E-state index < -0.39 is 0 Å². The number of aromatic nitrogens is 2. The molecule has 124 valence electrons. The van der Waals surface area contributed by atoms with Gasteiger partial charge in [0.25, 0.3) is 0 Å². The molecule has 5 heteroatoms. The molecule has 0 atom stereocenters. The Kier molecular flexibility index (Phi) is 4.81. The summed E-state index contributed by atoms with van der Waals surface area (Å²) in [4.78, 5) is 12.3. The van der Waals surface area contributed by atoms with Crippen molar-refractivity contribution in [3.8, 4) is 5.69 Å². The second-order valence-corrected chi connectivity index (χ2v) is 6.89. The molecule has 3 aromatic rings. The van der Waals surface area contributed by atoms with E-state index in [0.717, 1.165) is 17.8 Å². The quantitative estimate of drug-likeness (QED) is 0.747. The van der Waals surface area contributed by atoms with E-state index in [1.807, 2.05) is 18.4 Å². The zero-order chi connectivity index (χ0) is 17.1. The van der Waals surface area contributed by atoms with Crippen LogP contribution >= 0.6 is 11.3 Å². The number of carbonyl (C=O) groups is 1. The second-order valence-electron chi connectivity index (χ2n) is 6.11. The summed E-state index contributed by atoms with van der Waals surface area (Å²) >= 11 is 1.66. The predicted octanol–water partition coefficient (Wildman–Crippen LogP) is 4.43. The first-order chi connectivity index (χ1) is 11.5. The SMILES string of the molecule is Cc1cc(C)cc(-n2nc(C)cc2NC(=O)CCc2ccsc2)c1. The number of thiophene rings is 1. The smallest absolute Gasteiger partial charge is 0.225 e. The first-order valence-corrected chi connectivity index (χ1v) is 8.92. The van der Waals surface area contributed by atoms with E-state index in [-0.39, 0.29) is 5.91 Å². The molecule has 0 fully saturated rings. The molecule has 0 saturated carbocycles. The zero-order valence-corrected chi connectivity index (χ0v) is 15.0. The summed E-state index contributed by atoms with van der Waals surface area (Å²) < 4.78 is 1.80. The highest BCUT2D eigenvalue weighted by Crippen LogP contribution is 2.20. The lowest BCUT2D eigenvalue weighted by atomic mass is 10.1. The molecule has 1 aromatic carbocycles. The van der Waals surface area contributed by atoms with Gasteiger partial charge in [0, 0.05) is 12.5 Å². The third kappa shape index (κ3) is 3.92. The minimum Gasteiger partial charge on any atom is -0.311 e. The number of rotatable bonds is 5. The predicted molar refractivity (Wildman–Crippen MR) is 99.0 cm³/mol. The van der Waals surface area contributed by atoms with Crippen molar-refractivity contribution >= 4 is 23.1 Å². The van der Waals surface area contributed by atoms with Gasteiger partial charge in [-0.2, -0.15) is 16.4 Å². The van der Waals surface area contributed by atoms with E-state index in [1.165, 1.54) is 16.7 Å². The third-order valence-corrected chi connectivity index (χ3v) is 4.50. The van der Waals surface area contributed by atoms with Crippen LogP contribution in [-0.4, -0.2) is 15.7 Å². The minimum atomic E-state index is 0.00623. The lowest BCUT2D eigenvalue weighted by Gasteiger charge is -2.10. The van der Waals surface area contributed by atoms with Crippen molar-refractivity contribution in [2.75, 3.05) is 5.32 Å². The van der Waals surface area contributed by atoms with E-state index >= 15 is 0 Å². The molecule has 2 heterocycles. The van der Waals surface area contributed by atoms with E-state index in [2.05, 4.69) is 53.9 Å². The van der Waals surface area contributed by atoms with E-state index in [0.29, 0.717) is 12.2 Å². The molecule has 3 rings (SSSR count). The van der Waals surface area contributed by atoms with Gasteiger partial charge in [0.2, 0.25) is 5.91 Å². The lowest BCUT2D eigenvalue weighted by Crippen LogP contribution is -2.15. The molecule has 0 spiro atoms. The molecule has 2 aromatic heterocycles. The molecule has 0 unspecified atom stereocenters. The summed E-state index contributed by atoms with van der Waals surface area (Å²) in [6, 6.07) is 10.2. The maximum atomic E-state index is 12.3. The Labute approximate surface area is 146 Å². The van der Waals surface area contributed by atoms with E-state index in [4.69, 9.17) is 0 Å². The van der Waals surface area contributed by atoms with Gasteiger partial charge in [0.05, 0.1) is 11.4 Å². The van der Waals surface area contributed by atoms with Crippen LogP contribution < -0.4 is 5.32 Å². The lowest BCUT2D eigenvalue weighted by molar-refractivity contribution is -0.116. The first kappa shape index (κ1) is 16.5. The van der Waals surface area contributed by atoms with Gasteiger partial charge in [0.1, 0.15) is 5.82 Å². The number of hydrogen-bond acceptors (Lipinski definition) is 3. The number of benzene rings is 1.